The lowest BCUT2D eigenvalue weighted by atomic mass is 9.75. The van der Waals surface area contributed by atoms with Crippen LogP contribution in [-0.4, -0.2) is 61.0 Å². The summed E-state index contributed by atoms with van der Waals surface area (Å²) < 4.78 is 57.5. The van der Waals surface area contributed by atoms with Gasteiger partial charge in [0.2, 0.25) is 5.75 Å². The molecule has 33 heavy (non-hydrogen) atoms. The molecule has 0 radical (unpaired) electrons. The van der Waals surface area contributed by atoms with Crippen molar-refractivity contribution in [3.8, 4) is 17.2 Å². The lowest BCUT2D eigenvalue weighted by Crippen LogP contribution is -2.31. The number of halogens is 1. The molecular weight excluding hydrogens is 453 g/mol. The molecule has 1 aliphatic heterocycles. The van der Waals surface area contributed by atoms with Crippen LogP contribution in [0.15, 0.2) is 36.4 Å². The monoisotopic (exact) mass is 481 g/mol. The smallest absolute Gasteiger partial charge is 0.264 e. The summed E-state index contributed by atoms with van der Waals surface area (Å²) in [7, 11) is 0.784. The Hall–Kier alpha value is -2.69. The second kappa shape index (κ2) is 10.1. The van der Waals surface area contributed by atoms with Crippen molar-refractivity contribution in [2.45, 2.75) is 24.3 Å². The van der Waals surface area contributed by atoms with Gasteiger partial charge < -0.3 is 19.5 Å². The maximum Gasteiger partial charge on any atom is 0.264 e. The van der Waals surface area contributed by atoms with E-state index >= 15 is 0 Å². The van der Waals surface area contributed by atoms with Crippen LogP contribution in [0.3, 0.4) is 0 Å². The van der Waals surface area contributed by atoms with Gasteiger partial charge in [-0.15, -0.1) is 0 Å². The molecule has 2 unspecified atom stereocenters. The van der Waals surface area contributed by atoms with Crippen LogP contribution in [0.5, 0.6) is 17.2 Å². The molecule has 0 aliphatic carbocycles. The predicted molar refractivity (Wildman–Crippen MR) is 120 cm³/mol. The first-order chi connectivity index (χ1) is 15.6. The average Bonchev–Trinajstić information content (AvgIpc) is 3.22. The number of ether oxygens (including phenoxy) is 3. The van der Waals surface area contributed by atoms with Crippen LogP contribution in [0.25, 0.3) is 0 Å². The van der Waals surface area contributed by atoms with Crippen LogP contribution < -0.4 is 19.5 Å². The lowest BCUT2D eigenvalue weighted by molar-refractivity contribution is 0.0944. The maximum absolute atomic E-state index is 13.5. The Kier molecular flexibility index (Phi) is 7.61. The van der Waals surface area contributed by atoms with Gasteiger partial charge in [0.15, 0.2) is 17.3 Å². The third-order valence-electron chi connectivity index (χ3n) is 5.90. The molecule has 3 rings (SSSR count). The average molecular weight is 482 g/mol. The highest BCUT2D eigenvalue weighted by Gasteiger charge is 2.43. The minimum Gasteiger partial charge on any atom is -0.493 e. The van der Waals surface area contributed by atoms with Gasteiger partial charge in [-0.25, -0.2) is 4.39 Å². The Labute approximate surface area is 193 Å². The van der Waals surface area contributed by atoms with Crippen LogP contribution in [0.1, 0.15) is 28.8 Å². The summed E-state index contributed by atoms with van der Waals surface area (Å²) in [4.78, 5) is 13.5. The fourth-order valence-electron chi connectivity index (χ4n) is 4.27. The van der Waals surface area contributed by atoms with E-state index in [2.05, 4.69) is 5.32 Å². The SMILES string of the molecule is COc1ccc(C(=O)C2CC(CCOS(C)(=O)=O)(c3ccc(F)cc3)CN2)c(OC)c1OC. The second-order valence-electron chi connectivity index (χ2n) is 7.95. The van der Waals surface area contributed by atoms with Gasteiger partial charge in [-0.1, -0.05) is 12.1 Å². The van der Waals surface area contributed by atoms with E-state index in [-0.39, 0.29) is 24.0 Å². The molecule has 10 heteroatoms. The van der Waals surface area contributed by atoms with E-state index in [0.29, 0.717) is 36.4 Å². The Morgan fingerprint density at radius 1 is 1.06 bits per heavy atom. The number of methoxy groups -OCH3 is 3. The Balaban J connectivity index is 1.92. The van der Waals surface area contributed by atoms with Gasteiger partial charge in [0.1, 0.15) is 5.82 Å². The van der Waals surface area contributed by atoms with Gasteiger partial charge in [0, 0.05) is 12.0 Å². The minimum absolute atomic E-state index is 0.0571. The van der Waals surface area contributed by atoms with E-state index in [0.717, 1.165) is 11.8 Å². The third-order valence-corrected chi connectivity index (χ3v) is 6.50. The molecule has 2 atom stereocenters. The summed E-state index contributed by atoms with van der Waals surface area (Å²) in [6, 6.07) is 8.68. The van der Waals surface area contributed by atoms with Gasteiger partial charge in [-0.3, -0.25) is 8.98 Å². The highest BCUT2D eigenvalue weighted by Crippen LogP contribution is 2.42. The molecule has 0 bridgehead atoms. The molecule has 8 nitrogen and oxygen atoms in total. The fraction of sp³-hybridized carbons (Fsp3) is 0.435. The van der Waals surface area contributed by atoms with Crippen molar-refractivity contribution in [1.82, 2.24) is 5.32 Å². The molecule has 2 aromatic carbocycles. The Bertz CT molecular complexity index is 1100. The summed E-state index contributed by atoms with van der Waals surface area (Å²) >= 11 is 0. The van der Waals surface area contributed by atoms with Gasteiger partial charge in [-0.2, -0.15) is 8.42 Å². The predicted octanol–water partition coefficient (Wildman–Crippen LogP) is 2.70. The molecule has 0 amide bonds. The first kappa shape index (κ1) is 24.9. The molecule has 180 valence electrons. The zero-order chi connectivity index (χ0) is 24.2. The van der Waals surface area contributed by atoms with Crippen LogP contribution in [0, 0.1) is 5.82 Å². The minimum atomic E-state index is -3.62. The van der Waals surface area contributed by atoms with Crippen LogP contribution in [-0.2, 0) is 19.7 Å². The van der Waals surface area contributed by atoms with Crippen molar-refractivity contribution < 1.29 is 36.0 Å². The number of benzene rings is 2. The largest absolute Gasteiger partial charge is 0.493 e. The van der Waals surface area contributed by atoms with Crippen molar-refractivity contribution in [2.24, 2.45) is 0 Å². The highest BCUT2D eigenvalue weighted by atomic mass is 32.2. The first-order valence-corrected chi connectivity index (χ1v) is 12.1. The summed E-state index contributed by atoms with van der Waals surface area (Å²) in [5.74, 6) is 0.429. The number of carbonyl (C=O) groups excluding carboxylic acids is 1. The third kappa shape index (κ3) is 5.45. The second-order valence-corrected chi connectivity index (χ2v) is 9.59. The van der Waals surface area contributed by atoms with Crippen LogP contribution in [0.4, 0.5) is 4.39 Å². The topological polar surface area (TPSA) is 100 Å². The quantitative estimate of drug-likeness (QED) is 0.409. The van der Waals surface area contributed by atoms with Crippen molar-refractivity contribution in [1.29, 1.82) is 0 Å². The lowest BCUT2D eigenvalue weighted by Gasteiger charge is -2.29. The normalized spacial score (nSPS) is 20.5. The van der Waals surface area contributed by atoms with Crippen molar-refractivity contribution in [2.75, 3.05) is 40.7 Å². The number of nitrogens with one attached hydrogen (secondary N) is 1. The van der Waals surface area contributed by atoms with Gasteiger partial charge in [-0.05, 0) is 42.7 Å². The van der Waals surface area contributed by atoms with Crippen molar-refractivity contribution in [3.63, 3.8) is 0 Å². The van der Waals surface area contributed by atoms with Crippen molar-refractivity contribution >= 4 is 15.9 Å². The molecule has 0 aromatic heterocycles. The van der Waals surface area contributed by atoms with Crippen LogP contribution in [0.2, 0.25) is 0 Å². The molecule has 0 spiro atoms. The molecular formula is C23H28FNO7S. The summed E-state index contributed by atoms with van der Waals surface area (Å²) in [5.41, 5.74) is 0.501. The molecule has 2 aromatic rings. The molecule has 1 heterocycles. The molecule has 0 saturated carbocycles. The molecule has 1 aliphatic rings. The first-order valence-electron chi connectivity index (χ1n) is 10.3. The van der Waals surface area contributed by atoms with E-state index in [1.165, 1.54) is 33.5 Å². The van der Waals surface area contributed by atoms with Crippen LogP contribution >= 0.6 is 0 Å². The Morgan fingerprint density at radius 2 is 1.73 bits per heavy atom. The van der Waals surface area contributed by atoms with E-state index in [4.69, 9.17) is 18.4 Å². The van der Waals surface area contributed by atoms with E-state index in [1.807, 2.05) is 0 Å². The maximum atomic E-state index is 13.5. The molecule has 1 fully saturated rings. The highest BCUT2D eigenvalue weighted by molar-refractivity contribution is 7.85. The van der Waals surface area contributed by atoms with Gasteiger partial charge >= 0.3 is 0 Å². The van der Waals surface area contributed by atoms with E-state index in [1.54, 1.807) is 24.3 Å². The number of hydrogen-bond acceptors (Lipinski definition) is 8. The summed E-state index contributed by atoms with van der Waals surface area (Å²) in [5, 5.41) is 3.25. The van der Waals surface area contributed by atoms with Gasteiger partial charge in [0.25, 0.3) is 10.1 Å². The van der Waals surface area contributed by atoms with Crippen molar-refractivity contribution in [3.05, 3.63) is 53.3 Å². The fourth-order valence-corrected chi connectivity index (χ4v) is 4.65. The Morgan fingerprint density at radius 3 is 2.30 bits per heavy atom. The summed E-state index contributed by atoms with van der Waals surface area (Å²) in [6.07, 6.45) is 1.67. The zero-order valence-corrected chi connectivity index (χ0v) is 19.8. The number of hydrogen-bond donors (Lipinski definition) is 1. The zero-order valence-electron chi connectivity index (χ0n) is 19.0. The number of rotatable bonds is 10. The number of Topliss-reactive ketones (excluding diaryl/α,β-unsaturated/α-hetero) is 1. The number of carbonyl (C=O) groups is 1. The standard InChI is InChI=1S/C23H28FNO7S/c1-29-19-10-9-17(21(30-2)22(19)31-3)20(26)18-13-23(14-25-18,11-12-32-33(4,27)28)15-5-7-16(24)8-6-15/h5-10,18,25H,11-14H2,1-4H3. The molecule has 1 N–H and O–H groups in total. The summed E-state index contributed by atoms with van der Waals surface area (Å²) in [6.45, 7) is 0.330. The van der Waals surface area contributed by atoms with E-state index in [9.17, 15) is 17.6 Å². The van der Waals surface area contributed by atoms with Gasteiger partial charge in [0.05, 0.1) is 45.8 Å². The molecule has 1 saturated heterocycles. The number of ketones is 1. The van der Waals surface area contributed by atoms with E-state index < -0.39 is 21.6 Å².